The quantitative estimate of drug-likeness (QED) is 0.763. The van der Waals surface area contributed by atoms with E-state index in [1.165, 1.54) is 24.0 Å². The van der Waals surface area contributed by atoms with Gasteiger partial charge in [0.15, 0.2) is 5.43 Å². The molecule has 1 fully saturated rings. The average Bonchev–Trinajstić information content (AvgIpc) is 3.21. The van der Waals surface area contributed by atoms with Crippen LogP contribution in [-0.4, -0.2) is 46.0 Å². The molecule has 0 bridgehead atoms. The topological polar surface area (TPSA) is 45.6 Å². The van der Waals surface area contributed by atoms with Crippen LogP contribution in [-0.2, 0) is 25.9 Å². The highest BCUT2D eigenvalue weighted by Gasteiger charge is 2.29. The predicted octanol–water partition coefficient (Wildman–Crippen LogP) is 3.40. The van der Waals surface area contributed by atoms with E-state index in [1.807, 2.05) is 24.0 Å². The second-order valence-corrected chi connectivity index (χ2v) is 8.61. The summed E-state index contributed by atoms with van der Waals surface area (Å²) in [5, 5.41) is 0. The molecule has 1 aromatic heterocycles. The lowest BCUT2D eigenvalue weighted by Crippen LogP contribution is -2.40. The minimum Gasteiger partial charge on any atom is -0.346 e. The number of pyridine rings is 1. The van der Waals surface area contributed by atoms with Gasteiger partial charge in [-0.3, -0.25) is 14.5 Å². The standard InChI is InChI=1S/C25H33N3O2/c1-4-22-24(25(30)27-14-12-19-9-6-7-10-20(19)16-27)23(29)15-18(3)28(22)17-21-11-8-13-26(21)5-2/h6-7,9-10,15,21H,4-5,8,11-14,16-17H2,1-3H3. The fourth-order valence-electron chi connectivity index (χ4n) is 5.24. The minimum absolute atomic E-state index is 0.112. The molecule has 0 aliphatic carbocycles. The van der Waals surface area contributed by atoms with Gasteiger partial charge < -0.3 is 9.47 Å². The summed E-state index contributed by atoms with van der Waals surface area (Å²) in [6.45, 7) is 10.5. The van der Waals surface area contributed by atoms with E-state index in [4.69, 9.17) is 0 Å². The number of nitrogens with zero attached hydrogens (tertiary/aromatic N) is 3. The molecule has 5 heteroatoms. The van der Waals surface area contributed by atoms with Crippen molar-refractivity contribution in [2.45, 2.75) is 65.6 Å². The first-order valence-corrected chi connectivity index (χ1v) is 11.4. The molecule has 0 saturated carbocycles. The number of carbonyl (C=O) groups excluding carboxylic acids is 1. The molecule has 3 heterocycles. The fourth-order valence-corrected chi connectivity index (χ4v) is 5.24. The van der Waals surface area contributed by atoms with Crippen molar-refractivity contribution in [1.29, 1.82) is 0 Å². The second-order valence-electron chi connectivity index (χ2n) is 8.61. The van der Waals surface area contributed by atoms with E-state index in [-0.39, 0.29) is 11.3 Å². The Bertz CT molecular complexity index is 994. The molecule has 2 aliphatic rings. The molecule has 1 saturated heterocycles. The Labute approximate surface area is 179 Å². The zero-order valence-corrected chi connectivity index (χ0v) is 18.5. The molecule has 2 aliphatic heterocycles. The van der Waals surface area contributed by atoms with Gasteiger partial charge in [-0.15, -0.1) is 0 Å². The number of likely N-dealkylation sites (tertiary alicyclic amines) is 1. The van der Waals surface area contributed by atoms with Crippen molar-refractivity contribution < 1.29 is 4.79 Å². The zero-order chi connectivity index (χ0) is 21.3. The lowest BCUT2D eigenvalue weighted by molar-refractivity contribution is 0.0730. The van der Waals surface area contributed by atoms with Crippen molar-refractivity contribution in [1.82, 2.24) is 14.4 Å². The van der Waals surface area contributed by atoms with E-state index >= 15 is 0 Å². The first-order chi connectivity index (χ1) is 14.5. The Balaban J connectivity index is 1.68. The summed E-state index contributed by atoms with van der Waals surface area (Å²) in [7, 11) is 0. The van der Waals surface area contributed by atoms with Gasteiger partial charge in [-0.2, -0.15) is 0 Å². The Morgan fingerprint density at radius 2 is 1.90 bits per heavy atom. The van der Waals surface area contributed by atoms with Crippen LogP contribution in [0.5, 0.6) is 0 Å². The summed E-state index contributed by atoms with van der Waals surface area (Å²) < 4.78 is 2.24. The Kier molecular flexibility index (Phi) is 6.09. The number of hydrogen-bond donors (Lipinski definition) is 0. The second kappa shape index (κ2) is 8.76. The van der Waals surface area contributed by atoms with E-state index in [0.717, 1.165) is 37.4 Å². The van der Waals surface area contributed by atoms with Gasteiger partial charge in [0.25, 0.3) is 5.91 Å². The molecule has 1 unspecified atom stereocenters. The number of aromatic nitrogens is 1. The molecule has 4 rings (SSSR count). The highest BCUT2D eigenvalue weighted by Crippen LogP contribution is 2.23. The van der Waals surface area contributed by atoms with Gasteiger partial charge in [-0.1, -0.05) is 38.1 Å². The highest BCUT2D eigenvalue weighted by atomic mass is 16.2. The first kappa shape index (κ1) is 20.9. The largest absolute Gasteiger partial charge is 0.346 e. The summed E-state index contributed by atoms with van der Waals surface area (Å²) in [6, 6.07) is 10.4. The normalized spacial score (nSPS) is 19.2. The van der Waals surface area contributed by atoms with Crippen molar-refractivity contribution in [3.63, 3.8) is 0 Å². The smallest absolute Gasteiger partial charge is 0.259 e. The molecular weight excluding hydrogens is 374 g/mol. The van der Waals surface area contributed by atoms with Crippen LogP contribution >= 0.6 is 0 Å². The maximum Gasteiger partial charge on any atom is 0.259 e. The molecular formula is C25H33N3O2. The number of carbonyl (C=O) groups is 1. The maximum atomic E-state index is 13.5. The van der Waals surface area contributed by atoms with E-state index < -0.39 is 0 Å². The lowest BCUT2D eigenvalue weighted by atomic mass is 9.98. The van der Waals surface area contributed by atoms with Crippen LogP contribution in [0.4, 0.5) is 0 Å². The van der Waals surface area contributed by atoms with E-state index in [1.54, 1.807) is 6.07 Å². The lowest BCUT2D eigenvalue weighted by Gasteiger charge is -2.31. The van der Waals surface area contributed by atoms with Crippen LogP contribution in [0.3, 0.4) is 0 Å². The number of rotatable bonds is 5. The zero-order valence-electron chi connectivity index (χ0n) is 18.5. The van der Waals surface area contributed by atoms with Gasteiger partial charge in [0, 0.05) is 43.1 Å². The van der Waals surface area contributed by atoms with E-state index in [9.17, 15) is 9.59 Å². The van der Waals surface area contributed by atoms with Crippen molar-refractivity contribution >= 4 is 5.91 Å². The van der Waals surface area contributed by atoms with Crippen LogP contribution in [0.25, 0.3) is 0 Å². The van der Waals surface area contributed by atoms with Crippen molar-refractivity contribution in [2.75, 3.05) is 19.6 Å². The van der Waals surface area contributed by atoms with Crippen LogP contribution in [0.1, 0.15) is 59.6 Å². The third kappa shape index (κ3) is 3.83. The van der Waals surface area contributed by atoms with Crippen LogP contribution < -0.4 is 5.43 Å². The monoisotopic (exact) mass is 407 g/mol. The SMILES string of the molecule is CCc1c(C(=O)N2CCc3ccccc3C2)c(=O)cc(C)n1CC1CCCN1CC. The van der Waals surface area contributed by atoms with E-state index in [2.05, 4.69) is 35.4 Å². The van der Waals surface area contributed by atoms with Crippen molar-refractivity contribution in [2.24, 2.45) is 0 Å². The van der Waals surface area contributed by atoms with Gasteiger partial charge in [0.05, 0.1) is 0 Å². The van der Waals surface area contributed by atoms with Crippen LogP contribution in [0.15, 0.2) is 35.1 Å². The summed E-state index contributed by atoms with van der Waals surface area (Å²) >= 11 is 0. The molecule has 30 heavy (non-hydrogen) atoms. The number of amides is 1. The first-order valence-electron chi connectivity index (χ1n) is 11.4. The molecule has 160 valence electrons. The van der Waals surface area contributed by atoms with E-state index in [0.29, 0.717) is 31.1 Å². The minimum atomic E-state index is -0.136. The van der Waals surface area contributed by atoms with Crippen molar-refractivity contribution in [3.05, 3.63) is 68.6 Å². The number of aryl methyl sites for hydroxylation is 1. The Morgan fingerprint density at radius 1 is 1.13 bits per heavy atom. The maximum absolute atomic E-state index is 13.5. The molecule has 1 atom stereocenters. The predicted molar refractivity (Wildman–Crippen MR) is 120 cm³/mol. The Hall–Kier alpha value is -2.40. The van der Waals surface area contributed by atoms with Gasteiger partial charge in [0.2, 0.25) is 0 Å². The van der Waals surface area contributed by atoms with Gasteiger partial charge in [-0.05, 0) is 56.8 Å². The number of hydrogen-bond acceptors (Lipinski definition) is 3. The molecule has 2 aromatic rings. The number of fused-ring (bicyclic) bond motifs is 1. The van der Waals surface area contributed by atoms with Gasteiger partial charge >= 0.3 is 0 Å². The molecule has 0 spiro atoms. The van der Waals surface area contributed by atoms with Crippen molar-refractivity contribution in [3.8, 4) is 0 Å². The summed E-state index contributed by atoms with van der Waals surface area (Å²) in [5.41, 5.74) is 4.59. The summed E-state index contributed by atoms with van der Waals surface area (Å²) in [6.07, 6.45) is 3.92. The third-order valence-corrected chi connectivity index (χ3v) is 6.89. The summed E-state index contributed by atoms with van der Waals surface area (Å²) in [4.78, 5) is 30.9. The van der Waals surface area contributed by atoms with Gasteiger partial charge in [-0.25, -0.2) is 0 Å². The highest BCUT2D eigenvalue weighted by molar-refractivity contribution is 5.95. The molecule has 0 radical (unpaired) electrons. The number of benzene rings is 1. The fraction of sp³-hybridized carbons (Fsp3) is 0.520. The van der Waals surface area contributed by atoms with Gasteiger partial charge in [0.1, 0.15) is 5.56 Å². The van der Waals surface area contributed by atoms with Crippen LogP contribution in [0, 0.1) is 6.92 Å². The molecule has 5 nitrogen and oxygen atoms in total. The molecule has 1 aromatic carbocycles. The Morgan fingerprint density at radius 3 is 2.63 bits per heavy atom. The average molecular weight is 408 g/mol. The van der Waals surface area contributed by atoms with Crippen LogP contribution in [0.2, 0.25) is 0 Å². The molecule has 0 N–H and O–H groups in total. The molecule has 1 amide bonds. The third-order valence-electron chi connectivity index (χ3n) is 6.89. The number of likely N-dealkylation sites (N-methyl/N-ethyl adjacent to an activating group) is 1. The summed E-state index contributed by atoms with van der Waals surface area (Å²) in [5.74, 6) is -0.112.